The van der Waals surface area contributed by atoms with Gasteiger partial charge >= 0.3 is 0 Å². The van der Waals surface area contributed by atoms with Gasteiger partial charge in [-0.2, -0.15) is 0 Å². The minimum atomic E-state index is -0.238. The fourth-order valence-corrected chi connectivity index (χ4v) is 3.35. The quantitative estimate of drug-likeness (QED) is 0.271. The molecule has 4 nitrogen and oxygen atoms in total. The van der Waals surface area contributed by atoms with E-state index in [1.54, 1.807) is 30.5 Å². The van der Waals surface area contributed by atoms with E-state index in [0.717, 1.165) is 34.5 Å². The Kier molecular flexibility index (Phi) is 7.39. The van der Waals surface area contributed by atoms with Crippen molar-refractivity contribution in [3.63, 3.8) is 0 Å². The molecule has 0 radical (unpaired) electrons. The van der Waals surface area contributed by atoms with Gasteiger partial charge in [-0.25, -0.2) is 4.39 Å². The van der Waals surface area contributed by atoms with E-state index in [0.29, 0.717) is 14.9 Å². The Morgan fingerprint density at radius 3 is 2.62 bits per heavy atom. The maximum absolute atomic E-state index is 12.1. The molecule has 2 aromatic carbocycles. The molecule has 0 spiro atoms. The normalized spacial score (nSPS) is 10.5. The summed E-state index contributed by atoms with van der Waals surface area (Å²) in [6.45, 7) is 0.781. The Hall–Kier alpha value is -2.25. The molecule has 2 aromatic heterocycles. The molecule has 150 valence electrons. The molecule has 0 unspecified atom stereocenters. The van der Waals surface area contributed by atoms with Crippen molar-refractivity contribution in [2.45, 2.75) is 11.4 Å². The molecule has 0 aliphatic carbocycles. The fraction of sp³-hybridized carbons (Fsp3) is 0.0952. The third kappa shape index (κ3) is 5.87. The van der Waals surface area contributed by atoms with Crippen molar-refractivity contribution in [3.05, 3.63) is 82.4 Å². The molecule has 0 bridgehead atoms. The van der Waals surface area contributed by atoms with E-state index >= 15 is 0 Å². The van der Waals surface area contributed by atoms with Gasteiger partial charge in [0, 0.05) is 28.2 Å². The molecule has 0 saturated heterocycles. The molecule has 2 heterocycles. The van der Waals surface area contributed by atoms with Crippen LogP contribution in [0.2, 0.25) is 10.0 Å². The number of fused-ring (bicyclic) bond motifs is 1. The van der Waals surface area contributed by atoms with Crippen molar-refractivity contribution in [1.82, 2.24) is 15.3 Å². The molecular formula is C21H19Cl2FN4S. The van der Waals surface area contributed by atoms with Gasteiger partial charge in [-0.1, -0.05) is 29.3 Å². The number of hydrogen-bond acceptors (Lipinski definition) is 4. The lowest BCUT2D eigenvalue weighted by Crippen LogP contribution is -2.04. The van der Waals surface area contributed by atoms with Crippen molar-refractivity contribution in [1.29, 1.82) is 0 Å². The largest absolute Gasteiger partial charge is 0.359 e. The number of anilines is 2. The molecule has 0 aliphatic rings. The minimum Gasteiger partial charge on any atom is -0.359 e. The van der Waals surface area contributed by atoms with Crippen LogP contribution in [0.4, 0.5) is 15.8 Å². The van der Waals surface area contributed by atoms with Crippen molar-refractivity contribution in [2.75, 3.05) is 12.4 Å². The van der Waals surface area contributed by atoms with E-state index in [4.69, 9.17) is 23.2 Å². The van der Waals surface area contributed by atoms with E-state index < -0.39 is 0 Å². The molecule has 0 amide bonds. The van der Waals surface area contributed by atoms with Crippen molar-refractivity contribution in [2.24, 2.45) is 0 Å². The number of H-pyrrole nitrogens is 1. The van der Waals surface area contributed by atoms with Crippen LogP contribution in [0.3, 0.4) is 0 Å². The zero-order valence-corrected chi connectivity index (χ0v) is 17.9. The number of rotatable bonds is 4. The molecular weight excluding hydrogens is 430 g/mol. The van der Waals surface area contributed by atoms with Gasteiger partial charge in [0.1, 0.15) is 5.82 Å². The highest BCUT2D eigenvalue weighted by Gasteiger charge is 2.07. The summed E-state index contributed by atoms with van der Waals surface area (Å²) in [4.78, 5) is 8.38. The van der Waals surface area contributed by atoms with Gasteiger partial charge in [0.05, 0.1) is 33.6 Å². The Bertz CT molecular complexity index is 1100. The maximum atomic E-state index is 12.1. The van der Waals surface area contributed by atoms with Crippen LogP contribution < -0.4 is 10.6 Å². The number of pyridine rings is 1. The van der Waals surface area contributed by atoms with Gasteiger partial charge in [-0.15, -0.1) is 12.6 Å². The third-order valence-electron chi connectivity index (χ3n) is 3.98. The summed E-state index contributed by atoms with van der Waals surface area (Å²) in [7, 11) is 1.91. The van der Waals surface area contributed by atoms with Crippen LogP contribution in [0.25, 0.3) is 11.0 Å². The van der Waals surface area contributed by atoms with Gasteiger partial charge in [0.15, 0.2) is 0 Å². The molecule has 3 N–H and O–H groups in total. The summed E-state index contributed by atoms with van der Waals surface area (Å²) in [5, 5.41) is 7.55. The second kappa shape index (κ2) is 9.98. The highest BCUT2D eigenvalue weighted by molar-refractivity contribution is 7.80. The molecule has 0 aliphatic heterocycles. The standard InChI is InChI=1S/C15H14Cl2N4.C6H5FS/c1-18-6-9-7-19-14-5-11(8-20-15(9)14)21-13-3-2-10(16)4-12(13)17;7-5-2-1-3-6(8)4-5/h2-5,7-8,18-19,21H,6H2,1H3;1-4,8H. The van der Waals surface area contributed by atoms with Gasteiger partial charge in [0.2, 0.25) is 0 Å². The lowest BCUT2D eigenvalue weighted by molar-refractivity contribution is 0.624. The second-order valence-corrected chi connectivity index (χ2v) is 7.55. The Balaban J connectivity index is 0.000000252. The van der Waals surface area contributed by atoms with Crippen LogP contribution in [0.15, 0.2) is 65.8 Å². The Morgan fingerprint density at radius 1 is 1.14 bits per heavy atom. The predicted octanol–water partition coefficient (Wildman–Crippen LogP) is 6.45. The summed E-state index contributed by atoms with van der Waals surface area (Å²) >= 11 is 16.0. The van der Waals surface area contributed by atoms with Gasteiger partial charge in [-0.3, -0.25) is 4.98 Å². The van der Waals surface area contributed by atoms with Gasteiger partial charge < -0.3 is 15.6 Å². The van der Waals surface area contributed by atoms with Crippen LogP contribution in [0.5, 0.6) is 0 Å². The average molecular weight is 449 g/mol. The topological polar surface area (TPSA) is 52.7 Å². The van der Waals surface area contributed by atoms with E-state index in [-0.39, 0.29) is 5.82 Å². The van der Waals surface area contributed by atoms with Crippen LogP contribution in [-0.4, -0.2) is 17.0 Å². The number of hydrogen-bond donors (Lipinski definition) is 4. The SMILES string of the molecule is CNCc1c[nH]c2cc(Nc3ccc(Cl)cc3Cl)cnc12.Fc1cccc(S)c1. The summed E-state index contributed by atoms with van der Waals surface area (Å²) in [6, 6.07) is 13.5. The average Bonchev–Trinajstić information content (AvgIpc) is 3.07. The zero-order valence-electron chi connectivity index (χ0n) is 15.5. The number of halogens is 3. The number of benzene rings is 2. The van der Waals surface area contributed by atoms with E-state index in [1.807, 2.05) is 25.4 Å². The van der Waals surface area contributed by atoms with Crippen LogP contribution >= 0.6 is 35.8 Å². The smallest absolute Gasteiger partial charge is 0.124 e. The number of aromatic amines is 1. The first-order chi connectivity index (χ1) is 14.0. The first-order valence-corrected chi connectivity index (χ1v) is 9.94. The first kappa shape index (κ1) is 21.5. The lowest BCUT2D eigenvalue weighted by atomic mass is 10.2. The Morgan fingerprint density at radius 2 is 1.97 bits per heavy atom. The van der Waals surface area contributed by atoms with Crippen molar-refractivity contribution >= 4 is 58.2 Å². The van der Waals surface area contributed by atoms with E-state index in [1.165, 1.54) is 12.1 Å². The van der Waals surface area contributed by atoms with Crippen molar-refractivity contribution in [3.8, 4) is 0 Å². The highest BCUT2D eigenvalue weighted by atomic mass is 35.5. The summed E-state index contributed by atoms with van der Waals surface area (Å²) in [5.74, 6) is -0.238. The van der Waals surface area contributed by atoms with Crippen molar-refractivity contribution < 1.29 is 4.39 Å². The summed E-state index contributed by atoms with van der Waals surface area (Å²) < 4.78 is 12.1. The first-order valence-electron chi connectivity index (χ1n) is 8.73. The van der Waals surface area contributed by atoms with E-state index in [9.17, 15) is 4.39 Å². The molecule has 0 fully saturated rings. The molecule has 4 rings (SSSR count). The number of thiol groups is 1. The summed E-state index contributed by atoms with van der Waals surface area (Å²) in [6.07, 6.45) is 3.76. The minimum absolute atomic E-state index is 0.238. The van der Waals surface area contributed by atoms with Gasteiger partial charge in [0.25, 0.3) is 0 Å². The Labute approximate surface area is 183 Å². The monoisotopic (exact) mass is 448 g/mol. The molecule has 0 saturated carbocycles. The third-order valence-corrected chi connectivity index (χ3v) is 4.81. The van der Waals surface area contributed by atoms with E-state index in [2.05, 4.69) is 33.2 Å². The molecule has 0 atom stereocenters. The fourth-order valence-electron chi connectivity index (χ4n) is 2.68. The predicted molar refractivity (Wildman–Crippen MR) is 122 cm³/mol. The molecule has 29 heavy (non-hydrogen) atoms. The lowest BCUT2D eigenvalue weighted by Gasteiger charge is -2.08. The summed E-state index contributed by atoms with van der Waals surface area (Å²) in [5.41, 5.74) is 4.75. The zero-order chi connectivity index (χ0) is 20.8. The second-order valence-electron chi connectivity index (χ2n) is 6.19. The highest BCUT2D eigenvalue weighted by Crippen LogP contribution is 2.29. The van der Waals surface area contributed by atoms with Crippen LogP contribution in [0.1, 0.15) is 5.56 Å². The molecule has 4 aromatic rings. The number of aromatic nitrogens is 2. The van der Waals surface area contributed by atoms with Gasteiger partial charge in [-0.05, 0) is 49.5 Å². The maximum Gasteiger partial charge on any atom is 0.124 e. The van der Waals surface area contributed by atoms with Crippen LogP contribution in [-0.2, 0) is 6.54 Å². The van der Waals surface area contributed by atoms with Crippen LogP contribution in [0, 0.1) is 5.82 Å². The number of nitrogens with zero attached hydrogens (tertiary/aromatic N) is 1. The molecule has 8 heteroatoms. The number of nitrogens with one attached hydrogen (secondary N) is 3.